The van der Waals surface area contributed by atoms with Gasteiger partial charge in [0.15, 0.2) is 5.65 Å². The zero-order valence-electron chi connectivity index (χ0n) is 19.6. The summed E-state index contributed by atoms with van der Waals surface area (Å²) in [7, 11) is 4.06. The van der Waals surface area contributed by atoms with Crippen LogP contribution in [0, 0.1) is 6.92 Å². The van der Waals surface area contributed by atoms with Gasteiger partial charge >= 0.3 is 0 Å². The molecule has 2 aliphatic heterocycles. The number of hydrogen-bond acceptors (Lipinski definition) is 5. The Labute approximate surface area is 194 Å². The van der Waals surface area contributed by atoms with Crippen LogP contribution >= 0.6 is 0 Å². The largest absolute Gasteiger partial charge is 0.487 e. The molecule has 7 nitrogen and oxygen atoms in total. The normalized spacial score (nSPS) is 22.2. The van der Waals surface area contributed by atoms with E-state index in [1.54, 1.807) is 4.68 Å². The second-order valence-corrected chi connectivity index (χ2v) is 10.1. The molecule has 1 amide bonds. The molecule has 1 unspecified atom stereocenters. The van der Waals surface area contributed by atoms with Crippen LogP contribution in [-0.4, -0.2) is 51.3 Å². The zero-order valence-corrected chi connectivity index (χ0v) is 19.6. The molecule has 0 bridgehead atoms. The average Bonchev–Trinajstić information content (AvgIpc) is 3.61. The molecular formula is C26H31N5O2. The monoisotopic (exact) mass is 445 g/mol. The van der Waals surface area contributed by atoms with Crippen molar-refractivity contribution < 1.29 is 9.53 Å². The standard InChI is InChI=1S/C26H31N5O2/c1-16-23-19(14-20(17-8-9-17)27-24(23)31(3)29-16)25(32)28-21-15-26(10-12-30(2)13-11-26)33-22-7-5-4-6-18(21)22/h4-7,14,17,21H,8-13,15H2,1-3H3,(H,28,32). The molecule has 3 aromatic rings. The number of benzene rings is 1. The summed E-state index contributed by atoms with van der Waals surface area (Å²) in [6, 6.07) is 10.1. The highest BCUT2D eigenvalue weighted by atomic mass is 16.5. The quantitative estimate of drug-likeness (QED) is 0.663. The lowest BCUT2D eigenvalue weighted by molar-refractivity contribution is -0.0195. The lowest BCUT2D eigenvalue weighted by atomic mass is 9.80. The smallest absolute Gasteiger partial charge is 0.252 e. The number of hydrogen-bond donors (Lipinski definition) is 1. The van der Waals surface area contributed by atoms with Crippen LogP contribution in [-0.2, 0) is 7.05 Å². The number of ether oxygens (including phenoxy) is 1. The molecule has 172 valence electrons. The van der Waals surface area contributed by atoms with Crippen molar-refractivity contribution in [1.82, 2.24) is 25.0 Å². The maximum absolute atomic E-state index is 13.8. The van der Waals surface area contributed by atoms with Gasteiger partial charge in [-0.2, -0.15) is 5.10 Å². The molecule has 33 heavy (non-hydrogen) atoms. The van der Waals surface area contributed by atoms with E-state index in [2.05, 4.69) is 28.4 Å². The Bertz CT molecular complexity index is 1240. The minimum atomic E-state index is -0.226. The van der Waals surface area contributed by atoms with E-state index in [4.69, 9.17) is 9.72 Å². The van der Waals surface area contributed by atoms with Crippen molar-refractivity contribution in [3.8, 4) is 5.75 Å². The number of fused-ring (bicyclic) bond motifs is 2. The average molecular weight is 446 g/mol. The van der Waals surface area contributed by atoms with Crippen LogP contribution in [0.5, 0.6) is 5.75 Å². The van der Waals surface area contributed by atoms with Gasteiger partial charge in [0.05, 0.1) is 22.7 Å². The van der Waals surface area contributed by atoms with Gasteiger partial charge in [-0.3, -0.25) is 9.48 Å². The number of nitrogens with zero attached hydrogens (tertiary/aromatic N) is 4. The number of aryl methyl sites for hydroxylation is 2. The van der Waals surface area contributed by atoms with Gasteiger partial charge in [-0.25, -0.2) is 4.98 Å². The molecule has 1 N–H and O–H groups in total. The summed E-state index contributed by atoms with van der Waals surface area (Å²) in [6.07, 6.45) is 5.01. The van der Waals surface area contributed by atoms with E-state index >= 15 is 0 Å². The lowest BCUT2D eigenvalue weighted by Crippen LogP contribution is -2.51. The number of nitrogens with one attached hydrogen (secondary N) is 1. The summed E-state index contributed by atoms with van der Waals surface area (Å²) in [5.41, 5.74) is 4.16. The highest BCUT2D eigenvalue weighted by Gasteiger charge is 2.43. The van der Waals surface area contributed by atoms with Crippen molar-refractivity contribution in [2.45, 2.75) is 56.6 Å². The molecule has 4 heterocycles. The van der Waals surface area contributed by atoms with Gasteiger partial charge < -0.3 is 15.0 Å². The van der Waals surface area contributed by atoms with E-state index in [-0.39, 0.29) is 17.6 Å². The van der Waals surface area contributed by atoms with Gasteiger partial charge in [0.25, 0.3) is 5.91 Å². The first-order valence-electron chi connectivity index (χ1n) is 12.0. The predicted octanol–water partition coefficient (Wildman–Crippen LogP) is 3.87. The van der Waals surface area contributed by atoms with E-state index in [1.165, 1.54) is 0 Å². The van der Waals surface area contributed by atoms with Gasteiger partial charge in [0.1, 0.15) is 11.4 Å². The fraction of sp³-hybridized carbons (Fsp3) is 0.500. The summed E-state index contributed by atoms with van der Waals surface area (Å²) in [5.74, 6) is 1.31. The SMILES string of the molecule is Cc1nn(C)c2nc(C3CC3)cc(C(=O)NC3CC4(CCN(C)CC4)Oc4ccccc43)c12. The molecule has 6 rings (SSSR count). The molecule has 1 saturated heterocycles. The number of amides is 1. The number of carbonyl (C=O) groups is 1. The number of aromatic nitrogens is 3. The van der Waals surface area contributed by atoms with E-state index < -0.39 is 0 Å². The number of piperidine rings is 1. The van der Waals surface area contributed by atoms with Gasteiger partial charge in [0.2, 0.25) is 0 Å². The third-order valence-electron chi connectivity index (χ3n) is 7.63. The van der Waals surface area contributed by atoms with Crippen LogP contribution in [0.1, 0.15) is 71.4 Å². The molecule has 1 spiro atoms. The van der Waals surface area contributed by atoms with Crippen LogP contribution in [0.4, 0.5) is 0 Å². The van der Waals surface area contributed by atoms with Crippen molar-refractivity contribution in [2.24, 2.45) is 7.05 Å². The number of para-hydroxylation sites is 1. The molecule has 1 aromatic carbocycles. The predicted molar refractivity (Wildman–Crippen MR) is 127 cm³/mol. The van der Waals surface area contributed by atoms with E-state index in [0.717, 1.165) is 78.9 Å². The van der Waals surface area contributed by atoms with Crippen LogP contribution in [0.3, 0.4) is 0 Å². The second-order valence-electron chi connectivity index (χ2n) is 10.1. The van der Waals surface area contributed by atoms with Crippen molar-refractivity contribution in [3.63, 3.8) is 0 Å². The Balaban J connectivity index is 1.37. The van der Waals surface area contributed by atoms with Gasteiger partial charge in [0, 0.05) is 43.7 Å². The summed E-state index contributed by atoms with van der Waals surface area (Å²) < 4.78 is 8.37. The third kappa shape index (κ3) is 3.59. The molecule has 3 aliphatic rings. The molecule has 1 aliphatic carbocycles. The van der Waals surface area contributed by atoms with Crippen LogP contribution in [0.25, 0.3) is 11.0 Å². The maximum Gasteiger partial charge on any atom is 0.252 e. The van der Waals surface area contributed by atoms with Crippen molar-refractivity contribution in [2.75, 3.05) is 20.1 Å². The molecule has 0 radical (unpaired) electrons. The van der Waals surface area contributed by atoms with Crippen molar-refractivity contribution in [1.29, 1.82) is 0 Å². The molecule has 1 atom stereocenters. The molecule has 1 saturated carbocycles. The highest BCUT2D eigenvalue weighted by Crippen LogP contribution is 2.44. The van der Waals surface area contributed by atoms with Crippen molar-refractivity contribution >= 4 is 16.9 Å². The molecule has 2 aromatic heterocycles. The summed E-state index contributed by atoms with van der Waals surface area (Å²) >= 11 is 0. The van der Waals surface area contributed by atoms with Gasteiger partial charge in [-0.15, -0.1) is 0 Å². The Morgan fingerprint density at radius 2 is 1.94 bits per heavy atom. The zero-order chi connectivity index (χ0) is 22.7. The van der Waals surface area contributed by atoms with E-state index in [9.17, 15) is 4.79 Å². The first-order chi connectivity index (χ1) is 15.9. The van der Waals surface area contributed by atoms with Gasteiger partial charge in [-0.1, -0.05) is 18.2 Å². The van der Waals surface area contributed by atoms with Crippen molar-refractivity contribution in [3.05, 3.63) is 52.8 Å². The van der Waals surface area contributed by atoms with Gasteiger partial charge in [-0.05, 0) is 51.8 Å². The van der Waals surface area contributed by atoms with Crippen LogP contribution in [0.15, 0.2) is 30.3 Å². The first kappa shape index (κ1) is 20.7. The highest BCUT2D eigenvalue weighted by molar-refractivity contribution is 6.06. The fourth-order valence-electron chi connectivity index (χ4n) is 5.55. The Kier molecular flexibility index (Phi) is 4.73. The number of likely N-dealkylation sites (tertiary alicyclic amines) is 1. The van der Waals surface area contributed by atoms with E-state index in [1.807, 2.05) is 38.2 Å². The van der Waals surface area contributed by atoms with Crippen LogP contribution < -0.4 is 10.1 Å². The summed E-state index contributed by atoms with van der Waals surface area (Å²) in [6.45, 7) is 3.97. The van der Waals surface area contributed by atoms with Crippen LogP contribution in [0.2, 0.25) is 0 Å². The second kappa shape index (κ2) is 7.55. The lowest BCUT2D eigenvalue weighted by Gasteiger charge is -2.46. The fourth-order valence-corrected chi connectivity index (χ4v) is 5.55. The Morgan fingerprint density at radius 1 is 1.18 bits per heavy atom. The molecular weight excluding hydrogens is 414 g/mol. The topological polar surface area (TPSA) is 72.3 Å². The Hall–Kier alpha value is -2.93. The minimum absolute atomic E-state index is 0.0508. The minimum Gasteiger partial charge on any atom is -0.487 e. The molecule has 7 heteroatoms. The number of carbonyl (C=O) groups excluding carboxylic acids is 1. The Morgan fingerprint density at radius 3 is 2.70 bits per heavy atom. The molecule has 2 fully saturated rings. The first-order valence-corrected chi connectivity index (χ1v) is 12.0. The maximum atomic E-state index is 13.8. The van der Waals surface area contributed by atoms with E-state index in [0.29, 0.717) is 11.5 Å². The third-order valence-corrected chi connectivity index (χ3v) is 7.63. The number of pyridine rings is 1. The summed E-state index contributed by atoms with van der Waals surface area (Å²) in [4.78, 5) is 21.0. The number of rotatable bonds is 3. The summed E-state index contributed by atoms with van der Waals surface area (Å²) in [5, 5.41) is 8.81.